The Balaban J connectivity index is 1.48. The van der Waals surface area contributed by atoms with Crippen molar-refractivity contribution < 1.29 is 4.79 Å². The van der Waals surface area contributed by atoms with E-state index in [1.54, 1.807) is 6.20 Å². The lowest BCUT2D eigenvalue weighted by Gasteiger charge is -2.28. The number of amides is 1. The number of aromatic nitrogens is 3. The third-order valence-corrected chi connectivity index (χ3v) is 7.47. The van der Waals surface area contributed by atoms with Crippen molar-refractivity contribution in [3.63, 3.8) is 0 Å². The van der Waals surface area contributed by atoms with Crippen molar-refractivity contribution in [1.29, 1.82) is 0 Å². The van der Waals surface area contributed by atoms with Gasteiger partial charge in [-0.3, -0.25) is 9.78 Å². The van der Waals surface area contributed by atoms with E-state index >= 15 is 0 Å². The molecule has 0 unspecified atom stereocenters. The van der Waals surface area contributed by atoms with Crippen LogP contribution in [0.3, 0.4) is 0 Å². The van der Waals surface area contributed by atoms with Crippen molar-refractivity contribution in [3.8, 4) is 5.82 Å². The molecule has 0 aliphatic carbocycles. The molecule has 0 spiro atoms. The number of benzene rings is 1. The summed E-state index contributed by atoms with van der Waals surface area (Å²) in [7, 11) is 0. The minimum absolute atomic E-state index is 0.0448. The van der Waals surface area contributed by atoms with E-state index in [4.69, 9.17) is 12.2 Å². The van der Waals surface area contributed by atoms with Gasteiger partial charge in [-0.1, -0.05) is 24.3 Å². The van der Waals surface area contributed by atoms with Crippen molar-refractivity contribution in [2.75, 3.05) is 11.9 Å². The summed E-state index contributed by atoms with van der Waals surface area (Å²) in [6.07, 6.45) is 3.95. The van der Waals surface area contributed by atoms with Crippen LogP contribution in [0, 0.1) is 27.7 Å². The first-order valence-corrected chi connectivity index (χ1v) is 13.2. The summed E-state index contributed by atoms with van der Waals surface area (Å²) in [5, 5.41) is 7.16. The fourth-order valence-corrected chi connectivity index (χ4v) is 5.55. The Hall–Kier alpha value is -4.04. The maximum Gasteiger partial charge on any atom is 0.226 e. The number of carbonyl (C=O) groups excluding carboxylic acids is 1. The minimum atomic E-state index is -0.150. The second kappa shape index (κ2) is 10.8. The Bertz CT molecular complexity index is 1480. The highest BCUT2D eigenvalue weighted by Gasteiger charge is 2.41. The topological polar surface area (TPSA) is 75.1 Å². The van der Waals surface area contributed by atoms with E-state index in [1.807, 2.05) is 61.7 Å². The van der Waals surface area contributed by atoms with Crippen molar-refractivity contribution in [3.05, 3.63) is 107 Å². The molecule has 194 valence electrons. The van der Waals surface area contributed by atoms with Crippen molar-refractivity contribution in [2.45, 2.75) is 46.2 Å². The lowest BCUT2D eigenvalue weighted by Crippen LogP contribution is -2.33. The number of nitrogens with one attached hydrogen (secondary N) is 2. The molecular weight excluding hydrogens is 492 g/mol. The van der Waals surface area contributed by atoms with Gasteiger partial charge in [0.15, 0.2) is 5.11 Å². The number of pyridine rings is 2. The Morgan fingerprint density at radius 1 is 1.00 bits per heavy atom. The predicted octanol–water partition coefficient (Wildman–Crippen LogP) is 5.50. The van der Waals surface area contributed by atoms with E-state index in [1.165, 1.54) is 0 Å². The van der Waals surface area contributed by atoms with E-state index in [-0.39, 0.29) is 18.0 Å². The SMILES string of the molecule is Cc1ccnc(-n2c(C)cc([C@H]3[C@H](c4ccccn4)NC(=S)N3CCC(=O)Nc3ccccc3C)c2C)c1. The number of rotatable bonds is 7. The van der Waals surface area contributed by atoms with Crippen molar-refractivity contribution >= 4 is 28.9 Å². The molecule has 2 atom stereocenters. The molecule has 0 saturated carbocycles. The van der Waals surface area contributed by atoms with E-state index < -0.39 is 0 Å². The molecule has 8 heteroatoms. The molecule has 1 aromatic carbocycles. The van der Waals surface area contributed by atoms with Crippen LogP contribution in [0.5, 0.6) is 0 Å². The summed E-state index contributed by atoms with van der Waals surface area (Å²) < 4.78 is 2.18. The molecule has 1 amide bonds. The van der Waals surface area contributed by atoms with Gasteiger partial charge in [0, 0.05) is 42.4 Å². The largest absolute Gasteiger partial charge is 0.352 e. The monoisotopic (exact) mass is 524 g/mol. The Labute approximate surface area is 228 Å². The molecule has 1 aliphatic rings. The van der Waals surface area contributed by atoms with E-state index in [9.17, 15) is 4.79 Å². The number of carbonyl (C=O) groups is 1. The number of anilines is 1. The maximum atomic E-state index is 12.9. The molecular formula is C30H32N6OS. The molecule has 4 aromatic rings. The van der Waals surface area contributed by atoms with Gasteiger partial charge < -0.3 is 20.1 Å². The third kappa shape index (κ3) is 5.04. The second-order valence-corrected chi connectivity index (χ2v) is 10.2. The standard InChI is InChI=1S/C30H32N6OS/c1-19-12-15-32-26(17-19)36-21(3)18-23(22(36)4)29-28(25-11-7-8-14-31-25)34-30(38)35(29)16-13-27(37)33-24-10-6-5-9-20(24)2/h5-12,14-15,17-18,28-29H,13,16H2,1-4H3,(H,33,37)(H,34,38)/t28-,29-/m0/s1. The highest BCUT2D eigenvalue weighted by atomic mass is 32.1. The molecule has 38 heavy (non-hydrogen) atoms. The first-order valence-electron chi connectivity index (χ1n) is 12.8. The van der Waals surface area contributed by atoms with Crippen LogP contribution in [0.2, 0.25) is 0 Å². The molecule has 1 fully saturated rings. The average Bonchev–Trinajstić information content (AvgIpc) is 3.39. The zero-order chi connectivity index (χ0) is 26.8. The van der Waals surface area contributed by atoms with Gasteiger partial charge in [0.05, 0.1) is 17.8 Å². The van der Waals surface area contributed by atoms with Gasteiger partial charge in [-0.2, -0.15) is 0 Å². The number of aryl methyl sites for hydroxylation is 3. The molecule has 4 heterocycles. The smallest absolute Gasteiger partial charge is 0.226 e. The van der Waals surface area contributed by atoms with E-state index in [0.717, 1.165) is 45.3 Å². The van der Waals surface area contributed by atoms with Gasteiger partial charge in [0.1, 0.15) is 5.82 Å². The zero-order valence-corrected chi connectivity index (χ0v) is 22.9. The van der Waals surface area contributed by atoms with Crippen LogP contribution in [0.15, 0.2) is 73.1 Å². The summed E-state index contributed by atoms with van der Waals surface area (Å²) in [5.74, 6) is 0.842. The fraction of sp³-hybridized carbons (Fsp3) is 0.267. The highest BCUT2D eigenvalue weighted by molar-refractivity contribution is 7.80. The number of hydrogen-bond donors (Lipinski definition) is 2. The van der Waals surface area contributed by atoms with Crippen molar-refractivity contribution in [2.24, 2.45) is 0 Å². The summed E-state index contributed by atoms with van der Waals surface area (Å²) in [6, 6.07) is 19.7. The number of nitrogens with zero attached hydrogens (tertiary/aromatic N) is 4. The normalized spacial score (nSPS) is 16.9. The maximum absolute atomic E-state index is 12.9. The van der Waals surface area contributed by atoms with Gasteiger partial charge in [0.2, 0.25) is 5.91 Å². The average molecular weight is 525 g/mol. The molecule has 5 rings (SSSR count). The van der Waals surface area contributed by atoms with Gasteiger partial charge in [-0.15, -0.1) is 0 Å². The first kappa shape index (κ1) is 25.6. The summed E-state index contributed by atoms with van der Waals surface area (Å²) in [6.45, 7) is 8.75. The zero-order valence-electron chi connectivity index (χ0n) is 22.1. The van der Waals surface area contributed by atoms with Gasteiger partial charge in [-0.05, 0) is 93.0 Å². The van der Waals surface area contributed by atoms with Crippen LogP contribution >= 0.6 is 12.2 Å². The van der Waals surface area contributed by atoms with Crippen molar-refractivity contribution in [1.82, 2.24) is 24.8 Å². The van der Waals surface area contributed by atoms with E-state index in [2.05, 4.69) is 63.0 Å². The predicted molar refractivity (Wildman–Crippen MR) is 154 cm³/mol. The van der Waals surface area contributed by atoms with Crippen LogP contribution in [-0.2, 0) is 4.79 Å². The number of para-hydroxylation sites is 1. The minimum Gasteiger partial charge on any atom is -0.352 e. The lowest BCUT2D eigenvalue weighted by molar-refractivity contribution is -0.116. The molecule has 2 N–H and O–H groups in total. The quantitative estimate of drug-likeness (QED) is 0.311. The van der Waals surface area contributed by atoms with Gasteiger partial charge in [0.25, 0.3) is 0 Å². The Morgan fingerprint density at radius 2 is 1.79 bits per heavy atom. The number of hydrogen-bond acceptors (Lipinski definition) is 4. The molecule has 0 bridgehead atoms. The van der Waals surface area contributed by atoms with Crippen LogP contribution in [0.25, 0.3) is 5.82 Å². The van der Waals surface area contributed by atoms with Crippen LogP contribution in [0.4, 0.5) is 5.69 Å². The second-order valence-electron chi connectivity index (χ2n) is 9.79. The lowest BCUT2D eigenvalue weighted by atomic mass is 9.96. The van der Waals surface area contributed by atoms with Crippen LogP contribution in [-0.4, -0.2) is 37.0 Å². The third-order valence-electron chi connectivity index (χ3n) is 7.12. The van der Waals surface area contributed by atoms with Crippen LogP contribution < -0.4 is 10.6 Å². The van der Waals surface area contributed by atoms with Gasteiger partial charge >= 0.3 is 0 Å². The first-order chi connectivity index (χ1) is 18.3. The molecule has 1 aliphatic heterocycles. The van der Waals surface area contributed by atoms with Gasteiger partial charge in [-0.25, -0.2) is 4.98 Å². The summed E-state index contributed by atoms with van der Waals surface area (Å²) in [5.41, 5.74) is 7.23. The molecule has 0 radical (unpaired) electrons. The van der Waals surface area contributed by atoms with Crippen LogP contribution in [0.1, 0.15) is 52.3 Å². The summed E-state index contributed by atoms with van der Waals surface area (Å²) in [4.78, 5) is 24.3. The Kier molecular flexibility index (Phi) is 7.24. The fourth-order valence-electron chi connectivity index (χ4n) is 5.21. The van der Waals surface area contributed by atoms with E-state index in [0.29, 0.717) is 18.1 Å². The highest BCUT2D eigenvalue weighted by Crippen LogP contribution is 2.41. The Morgan fingerprint density at radius 3 is 2.53 bits per heavy atom. The molecule has 3 aromatic heterocycles. The summed E-state index contributed by atoms with van der Waals surface area (Å²) >= 11 is 5.83. The molecule has 7 nitrogen and oxygen atoms in total. The molecule has 1 saturated heterocycles. The number of thiocarbonyl (C=S) groups is 1.